The summed E-state index contributed by atoms with van der Waals surface area (Å²) >= 11 is 0. The van der Waals surface area contributed by atoms with Gasteiger partial charge in [-0.25, -0.2) is 0 Å². The Kier molecular flexibility index (Phi) is 10.4. The van der Waals surface area contributed by atoms with Crippen molar-refractivity contribution >= 4 is 23.9 Å². The van der Waals surface area contributed by atoms with Crippen LogP contribution < -0.4 is 0 Å². The molecule has 1 rings (SSSR count). The molecule has 11 nitrogen and oxygen atoms in total. The quantitative estimate of drug-likeness (QED) is 0.204. The Morgan fingerprint density at radius 1 is 0.667 bits per heavy atom. The van der Waals surface area contributed by atoms with Crippen molar-refractivity contribution in [1.29, 1.82) is 0 Å². The second-order valence-corrected chi connectivity index (χ2v) is 6.42. The van der Waals surface area contributed by atoms with Crippen LogP contribution in [0.1, 0.15) is 27.7 Å². The molecule has 1 aliphatic rings. The molecular weight excluding hydrogens is 404 g/mol. The highest BCUT2D eigenvalue weighted by Crippen LogP contribution is 2.34. The van der Waals surface area contributed by atoms with E-state index in [1.54, 1.807) is 0 Å². The van der Waals surface area contributed by atoms with E-state index in [-0.39, 0.29) is 13.4 Å². The van der Waals surface area contributed by atoms with Crippen LogP contribution in [0.3, 0.4) is 0 Å². The maximum atomic E-state index is 11.8. The molecule has 0 unspecified atom stereocenters. The molecule has 1 saturated carbocycles. The fourth-order valence-electron chi connectivity index (χ4n) is 3.13. The minimum Gasteiger partial charge on any atom is -0.456 e. The summed E-state index contributed by atoms with van der Waals surface area (Å²) in [5.74, 6) is -2.90. The molecule has 0 aromatic carbocycles. The first-order chi connectivity index (χ1) is 14.1. The summed E-state index contributed by atoms with van der Waals surface area (Å²) in [6, 6.07) is 0. The lowest BCUT2D eigenvalue weighted by atomic mass is 9.83. The maximum Gasteiger partial charge on any atom is 0.303 e. The van der Waals surface area contributed by atoms with E-state index in [1.165, 1.54) is 13.2 Å². The first kappa shape index (κ1) is 25.5. The largest absolute Gasteiger partial charge is 0.456 e. The Labute approximate surface area is 174 Å². The molecule has 0 aliphatic heterocycles. The lowest BCUT2D eigenvalue weighted by Gasteiger charge is -2.47. The van der Waals surface area contributed by atoms with E-state index in [4.69, 9.17) is 33.2 Å². The Bertz CT molecular complexity index is 632. The molecule has 0 aromatic heterocycles. The van der Waals surface area contributed by atoms with Gasteiger partial charge < -0.3 is 33.2 Å². The monoisotopic (exact) mass is 432 g/mol. The van der Waals surface area contributed by atoms with Crippen molar-refractivity contribution in [2.45, 2.75) is 64.3 Å². The molecule has 0 heterocycles. The van der Waals surface area contributed by atoms with Crippen LogP contribution in [0.15, 0.2) is 12.7 Å². The molecule has 0 aromatic rings. The van der Waals surface area contributed by atoms with Crippen molar-refractivity contribution in [3.05, 3.63) is 12.7 Å². The van der Waals surface area contributed by atoms with Crippen molar-refractivity contribution in [3.63, 3.8) is 0 Å². The van der Waals surface area contributed by atoms with Gasteiger partial charge in [-0.05, 0) is 0 Å². The van der Waals surface area contributed by atoms with Crippen molar-refractivity contribution in [2.75, 3.05) is 20.5 Å². The summed E-state index contributed by atoms with van der Waals surface area (Å²) in [6.07, 6.45) is -5.92. The minimum atomic E-state index is -1.34. The number of hydrogen-bond acceptors (Lipinski definition) is 11. The van der Waals surface area contributed by atoms with E-state index < -0.39 is 60.5 Å². The fourth-order valence-corrected chi connectivity index (χ4v) is 3.13. The fraction of sp³-hybridized carbons (Fsp3) is 0.684. The van der Waals surface area contributed by atoms with Gasteiger partial charge in [0.15, 0.2) is 24.4 Å². The zero-order valence-corrected chi connectivity index (χ0v) is 17.7. The van der Waals surface area contributed by atoms with Gasteiger partial charge in [0, 0.05) is 34.8 Å². The Hall–Kier alpha value is -2.50. The van der Waals surface area contributed by atoms with Crippen molar-refractivity contribution < 1.29 is 52.3 Å². The van der Waals surface area contributed by atoms with Crippen molar-refractivity contribution in [2.24, 2.45) is 0 Å². The molecule has 0 N–H and O–H groups in total. The normalized spacial score (nSPS) is 28.2. The maximum absolute atomic E-state index is 11.8. The summed E-state index contributed by atoms with van der Waals surface area (Å²) < 4.78 is 37.7. The molecule has 0 bridgehead atoms. The van der Waals surface area contributed by atoms with Crippen LogP contribution in [0, 0.1) is 0 Å². The summed E-state index contributed by atoms with van der Waals surface area (Å²) in [5.41, 5.74) is 0. The van der Waals surface area contributed by atoms with E-state index >= 15 is 0 Å². The third kappa shape index (κ3) is 7.39. The number of ether oxygens (including phenoxy) is 7. The predicted octanol–water partition coefficient (Wildman–Crippen LogP) is 0.287. The molecule has 1 fully saturated rings. The van der Waals surface area contributed by atoms with Gasteiger partial charge >= 0.3 is 23.9 Å². The van der Waals surface area contributed by atoms with Crippen LogP contribution in [0.2, 0.25) is 0 Å². The van der Waals surface area contributed by atoms with Gasteiger partial charge in [0.2, 0.25) is 0 Å². The zero-order chi connectivity index (χ0) is 22.8. The van der Waals surface area contributed by atoms with E-state index in [0.29, 0.717) is 0 Å². The molecule has 6 atom stereocenters. The van der Waals surface area contributed by atoms with Gasteiger partial charge in [-0.1, -0.05) is 6.08 Å². The number of carbonyl (C=O) groups excluding carboxylic acids is 4. The predicted molar refractivity (Wildman–Crippen MR) is 98.9 cm³/mol. The average molecular weight is 432 g/mol. The number of carbonyl (C=O) groups is 4. The Balaban J connectivity index is 3.56. The van der Waals surface area contributed by atoms with Crippen LogP contribution >= 0.6 is 0 Å². The lowest BCUT2D eigenvalue weighted by Crippen LogP contribution is -2.68. The molecule has 1 aliphatic carbocycles. The van der Waals surface area contributed by atoms with E-state index in [0.717, 1.165) is 27.7 Å². The van der Waals surface area contributed by atoms with Gasteiger partial charge in [0.1, 0.15) is 19.0 Å². The average Bonchev–Trinajstić information content (AvgIpc) is 2.62. The summed E-state index contributed by atoms with van der Waals surface area (Å²) in [7, 11) is 1.37. The molecule has 170 valence electrons. The second kappa shape index (κ2) is 12.3. The minimum absolute atomic E-state index is 0.00703. The van der Waals surface area contributed by atoms with Crippen LogP contribution in [0.5, 0.6) is 0 Å². The molecule has 11 heteroatoms. The van der Waals surface area contributed by atoms with E-state index in [9.17, 15) is 19.2 Å². The van der Waals surface area contributed by atoms with Gasteiger partial charge in [-0.3, -0.25) is 19.2 Å². The first-order valence-corrected chi connectivity index (χ1v) is 9.14. The number of rotatable bonds is 10. The number of methoxy groups -OCH3 is 1. The molecule has 0 radical (unpaired) electrons. The molecule has 0 saturated heterocycles. The highest BCUT2D eigenvalue weighted by molar-refractivity contribution is 5.69. The molecular formula is C19H28O11. The summed E-state index contributed by atoms with van der Waals surface area (Å²) in [6.45, 7) is 7.89. The first-order valence-electron chi connectivity index (χ1n) is 9.14. The second-order valence-electron chi connectivity index (χ2n) is 6.42. The summed E-state index contributed by atoms with van der Waals surface area (Å²) in [4.78, 5) is 47.1. The van der Waals surface area contributed by atoms with Gasteiger partial charge in [0.25, 0.3) is 0 Å². The summed E-state index contributed by atoms with van der Waals surface area (Å²) in [5, 5.41) is 0. The van der Waals surface area contributed by atoms with Crippen molar-refractivity contribution in [3.8, 4) is 0 Å². The highest BCUT2D eigenvalue weighted by Gasteiger charge is 2.58. The van der Waals surface area contributed by atoms with Crippen LogP contribution in [0.4, 0.5) is 0 Å². The Morgan fingerprint density at radius 2 is 1.00 bits per heavy atom. The highest BCUT2D eigenvalue weighted by atomic mass is 16.7. The number of hydrogen-bond donors (Lipinski definition) is 0. The van der Waals surface area contributed by atoms with Crippen LogP contribution in [-0.4, -0.2) is 81.0 Å². The van der Waals surface area contributed by atoms with Gasteiger partial charge in [-0.2, -0.15) is 0 Å². The SMILES string of the molecule is C=CCO[C@H]1[C@H](OCOC)[C@H](OC(C)=O)[C@@H](OC(C)=O)[C@H](OC(C)=O)[C@H]1OC(C)=O. The van der Waals surface area contributed by atoms with Crippen LogP contribution in [-0.2, 0) is 52.3 Å². The Morgan fingerprint density at radius 3 is 1.30 bits per heavy atom. The zero-order valence-electron chi connectivity index (χ0n) is 17.7. The van der Waals surface area contributed by atoms with Gasteiger partial charge in [0.05, 0.1) is 6.61 Å². The standard InChI is InChI=1S/C19H28O11/c1-7-8-25-14-15(26-9-24-6)17(28-11(3)21)19(30-13(5)23)18(29-12(4)22)16(14)27-10(2)20/h7,14-19H,1,8-9H2,2-6H3/t14-,15-,16-,17-,18+,19+/m0/s1. The van der Waals surface area contributed by atoms with E-state index in [2.05, 4.69) is 6.58 Å². The number of esters is 4. The molecule has 0 amide bonds. The topological polar surface area (TPSA) is 133 Å². The molecule has 30 heavy (non-hydrogen) atoms. The van der Waals surface area contributed by atoms with Crippen LogP contribution in [0.25, 0.3) is 0 Å². The van der Waals surface area contributed by atoms with Crippen molar-refractivity contribution in [1.82, 2.24) is 0 Å². The molecule has 0 spiro atoms. The smallest absolute Gasteiger partial charge is 0.303 e. The van der Waals surface area contributed by atoms with Gasteiger partial charge in [-0.15, -0.1) is 6.58 Å². The van der Waals surface area contributed by atoms with E-state index in [1.807, 2.05) is 0 Å². The third-order valence-electron chi connectivity index (χ3n) is 3.94. The lowest BCUT2D eigenvalue weighted by molar-refractivity contribution is -0.273. The third-order valence-corrected chi connectivity index (χ3v) is 3.94.